The highest BCUT2D eigenvalue weighted by atomic mass is 79.9. The van der Waals surface area contributed by atoms with Crippen molar-refractivity contribution in [2.75, 3.05) is 73.7 Å². The second-order valence-electron chi connectivity index (χ2n) is 32.2. The highest BCUT2D eigenvalue weighted by Gasteiger charge is 2.52. The number of carboxylic acid groups (broad SMARTS) is 1. The van der Waals surface area contributed by atoms with Gasteiger partial charge in [0.25, 0.3) is 0 Å². The van der Waals surface area contributed by atoms with Gasteiger partial charge in [0.1, 0.15) is 22.4 Å². The molecule has 644 valence electrons. The summed E-state index contributed by atoms with van der Waals surface area (Å²) in [6, 6.07) is 12.7. The molecule has 3 saturated heterocycles. The van der Waals surface area contributed by atoms with Crippen LogP contribution in [0.4, 0.5) is 19.2 Å². The Hall–Kier alpha value is -8.99. The Morgan fingerprint density at radius 1 is 0.458 bits per heavy atom. The predicted molar refractivity (Wildman–Crippen MR) is 459 cm³/mol. The second kappa shape index (κ2) is 47.1. The molecule has 0 spiro atoms. The first-order valence-corrected chi connectivity index (χ1v) is 40.5. The zero-order valence-electron chi connectivity index (χ0n) is 70.8. The van der Waals surface area contributed by atoms with E-state index in [1.807, 2.05) is 147 Å². The molecule has 29 nitrogen and oxygen atoms in total. The third-order valence-corrected chi connectivity index (χ3v) is 20.2. The van der Waals surface area contributed by atoms with Gasteiger partial charge in [-0.1, -0.05) is 28.1 Å². The Balaban J connectivity index is 0.000000298. The van der Waals surface area contributed by atoms with Crippen molar-refractivity contribution in [3.63, 3.8) is 0 Å². The molecule has 3 fully saturated rings. The number of aliphatic hydroxyl groups is 1. The van der Waals surface area contributed by atoms with E-state index >= 15 is 0 Å². The van der Waals surface area contributed by atoms with Crippen LogP contribution in [-0.4, -0.2) is 222 Å². The molecule has 6 aromatic rings. The second-order valence-corrected chi connectivity index (χ2v) is 34.8. The first kappa shape index (κ1) is 101. The molecule has 0 aliphatic carbocycles. The van der Waals surface area contributed by atoms with Crippen LogP contribution < -0.4 is 0 Å². The zero-order chi connectivity index (χ0) is 87.2. The maximum atomic E-state index is 12.1. The number of piperidine rings is 2. The number of hydrogen-bond acceptors (Lipinski definition) is 24. The molecule has 34 heteroatoms. The van der Waals surface area contributed by atoms with Crippen LogP contribution in [0.15, 0.2) is 148 Å². The largest absolute Gasteiger partial charge is 0.490 e. The van der Waals surface area contributed by atoms with Crippen LogP contribution >= 0.6 is 60.2 Å². The molecule has 6 aromatic heterocycles. The predicted octanol–water partition coefficient (Wildman–Crippen LogP) is 17.2. The van der Waals surface area contributed by atoms with E-state index in [1.54, 1.807) is 87.4 Å². The maximum Gasteiger partial charge on any atom is 0.490 e. The van der Waals surface area contributed by atoms with Gasteiger partial charge in [-0.3, -0.25) is 29.9 Å². The van der Waals surface area contributed by atoms with Gasteiger partial charge in [-0.2, -0.15) is 0 Å². The van der Waals surface area contributed by atoms with E-state index < -0.39 is 34.3 Å². The van der Waals surface area contributed by atoms with Crippen molar-refractivity contribution < 1.29 is 91.0 Å². The van der Waals surface area contributed by atoms with Gasteiger partial charge < -0.3 is 72.3 Å². The SMILES string of the molecule is Brc1ccncc1.CC(C)(C)OC(=O)N1CC=C(B2OC(C)(C)C(C)(C)O2)CC1.CC(C)(C)OC(=O)N1CCC(c2ccncc2CO)CC1.COC(=O)c1cnccc1Br.COC(=O)c1cnccc1C1=CCN(C(=O)OC(C)(C)C)CC1.COC(=O)c1cnccc1C1CCN(C(=O)OC(C)(C)C)CC1.Cl.O=C(O)c1cnccc1Br. The average molecular weight is 1850 g/mol. The summed E-state index contributed by atoms with van der Waals surface area (Å²) in [5.74, 6) is -1.56. The fraction of sp³-hybridized carbons (Fsp3) is 0.500. The third kappa shape index (κ3) is 33.7. The van der Waals surface area contributed by atoms with Gasteiger partial charge in [0, 0.05) is 140 Å². The van der Waals surface area contributed by atoms with Crippen molar-refractivity contribution in [1.82, 2.24) is 49.5 Å². The van der Waals surface area contributed by atoms with Gasteiger partial charge in [0.15, 0.2) is 0 Å². The van der Waals surface area contributed by atoms with Crippen LogP contribution in [0.3, 0.4) is 0 Å². The third-order valence-electron chi connectivity index (χ3n) is 18.2. The summed E-state index contributed by atoms with van der Waals surface area (Å²) >= 11 is 9.54. The van der Waals surface area contributed by atoms with Crippen LogP contribution in [0.2, 0.25) is 0 Å². The van der Waals surface area contributed by atoms with Gasteiger partial charge in [0.05, 0.1) is 61.4 Å². The lowest BCUT2D eigenvalue weighted by Gasteiger charge is -2.34. The lowest BCUT2D eigenvalue weighted by Crippen LogP contribution is -2.41. The Morgan fingerprint density at radius 3 is 1.19 bits per heavy atom. The number of methoxy groups -OCH3 is 3. The van der Waals surface area contributed by atoms with E-state index in [1.165, 1.54) is 46.1 Å². The van der Waals surface area contributed by atoms with Crippen molar-refractivity contribution >= 4 is 121 Å². The average Bonchev–Trinajstić information content (AvgIpc) is 1.62. The number of aromatic nitrogens is 6. The molecule has 0 aromatic carbocycles. The van der Waals surface area contributed by atoms with E-state index in [4.69, 9.17) is 42.8 Å². The number of aromatic carboxylic acids is 1. The molecule has 0 unspecified atom stereocenters. The van der Waals surface area contributed by atoms with E-state index in [2.05, 4.69) is 82.4 Å². The number of carbonyl (C=O) groups is 8. The summed E-state index contributed by atoms with van der Waals surface area (Å²) < 4.78 is 50.1. The number of hydrogen-bond donors (Lipinski definition) is 2. The minimum atomic E-state index is -0.972. The molecular formula is C84H113BBr3ClN10O19. The minimum absolute atomic E-state index is 0. The highest BCUT2D eigenvalue weighted by Crippen LogP contribution is 2.40. The van der Waals surface area contributed by atoms with E-state index in [0.717, 1.165) is 69.9 Å². The number of halogens is 4. The van der Waals surface area contributed by atoms with E-state index in [9.17, 15) is 43.5 Å². The van der Waals surface area contributed by atoms with E-state index in [-0.39, 0.29) is 85.1 Å². The molecule has 4 amide bonds. The molecule has 2 N–H and O–H groups in total. The number of aliphatic hydroxyl groups excluding tert-OH is 1. The van der Waals surface area contributed by atoms with Crippen LogP contribution in [0.1, 0.15) is 225 Å². The maximum absolute atomic E-state index is 12.1. The molecule has 11 heterocycles. The molecule has 5 aliphatic rings. The molecule has 0 radical (unpaired) electrons. The molecule has 0 atom stereocenters. The van der Waals surface area contributed by atoms with E-state index in [0.29, 0.717) is 90.3 Å². The summed E-state index contributed by atoms with van der Waals surface area (Å²) in [7, 11) is 3.73. The van der Waals surface area contributed by atoms with Crippen LogP contribution in [-0.2, 0) is 49.1 Å². The normalized spacial score (nSPS) is 15.7. The van der Waals surface area contributed by atoms with Crippen molar-refractivity contribution in [2.24, 2.45) is 0 Å². The lowest BCUT2D eigenvalue weighted by molar-refractivity contribution is 0.00578. The number of amides is 4. The Bertz CT molecular complexity index is 4330. The monoisotopic (exact) mass is 1850 g/mol. The fourth-order valence-corrected chi connectivity index (χ4v) is 12.7. The number of rotatable bonds is 9. The minimum Gasteiger partial charge on any atom is -0.478 e. The van der Waals surface area contributed by atoms with Crippen LogP contribution in [0.5, 0.6) is 0 Å². The lowest BCUT2D eigenvalue weighted by atomic mass is 9.75. The standard InChI is InChI=1S/C17H24N2O4.C17H22N2O4.C16H28BNO4.C16H24N2O3.C7H6BrNO2.C6H4BrNO2.C5H4BrN.ClH/c2*1-17(2,3)23-16(21)19-9-6-12(7-10-19)13-5-8-18-11-14(13)15(20)22-4;1-14(2,3)20-13(19)18-10-8-12(9-11-18)17-21-15(4,5)16(6,7)22-17;1-16(2,3)21-15(20)18-8-5-12(6-9-18)14-4-7-17-10-13(14)11-19;1-11-7(10)5-4-9-3-2-6(5)8;7-5-1-2-8-3-4(5)6(9)10;6-5-1-3-7-4-2-5;/h5,8,11-12H,6-7,9-10H2,1-4H3;5-6,8,11H,7,9-10H2,1-4H3;8H,9-11H2,1-7H3;4,7,10,12,19H,5-6,8-9,11H2,1-3H3;2-4H,1H3;1-3H,(H,9,10);1-4H;1H. The van der Waals surface area contributed by atoms with Gasteiger partial charge in [-0.15, -0.1) is 12.4 Å². The highest BCUT2D eigenvalue weighted by molar-refractivity contribution is 9.11. The summed E-state index contributed by atoms with van der Waals surface area (Å²) in [6.45, 7) is 35.3. The first-order chi connectivity index (χ1) is 54.8. The molecular weight excluding hydrogens is 1740 g/mol. The molecule has 0 bridgehead atoms. The fourth-order valence-electron chi connectivity index (χ4n) is 11.7. The first-order valence-electron chi connectivity index (χ1n) is 38.1. The molecule has 11 rings (SSSR count). The number of likely N-dealkylation sites (tertiary alicyclic amines) is 2. The summed E-state index contributed by atoms with van der Waals surface area (Å²) in [4.78, 5) is 123. The Morgan fingerprint density at radius 2 is 0.814 bits per heavy atom. The van der Waals surface area contributed by atoms with Crippen molar-refractivity contribution in [1.29, 1.82) is 0 Å². The number of carboxylic acids is 1. The van der Waals surface area contributed by atoms with Gasteiger partial charge in [-0.25, -0.2) is 38.4 Å². The van der Waals surface area contributed by atoms with Crippen molar-refractivity contribution in [3.05, 3.63) is 192 Å². The number of carbonyl (C=O) groups excluding carboxylic acids is 7. The molecule has 118 heavy (non-hydrogen) atoms. The van der Waals surface area contributed by atoms with Crippen molar-refractivity contribution in [2.45, 2.75) is 201 Å². The number of nitrogens with zero attached hydrogens (tertiary/aromatic N) is 10. The Labute approximate surface area is 724 Å². The number of pyridine rings is 6. The van der Waals surface area contributed by atoms with Gasteiger partial charge in [-0.05, 0) is 269 Å². The zero-order valence-corrected chi connectivity index (χ0v) is 76.4. The van der Waals surface area contributed by atoms with Crippen LogP contribution in [0, 0.1) is 0 Å². The van der Waals surface area contributed by atoms with Crippen molar-refractivity contribution in [3.8, 4) is 0 Å². The number of ether oxygens (including phenoxy) is 7. The van der Waals surface area contributed by atoms with Gasteiger partial charge in [0.2, 0.25) is 0 Å². The Kier molecular flexibility index (Phi) is 40.5. The number of esters is 3. The van der Waals surface area contributed by atoms with Gasteiger partial charge >= 0.3 is 55.4 Å². The quantitative estimate of drug-likeness (QED) is 0.0771. The smallest absolute Gasteiger partial charge is 0.478 e. The molecule has 0 saturated carbocycles. The summed E-state index contributed by atoms with van der Waals surface area (Å²) in [5.41, 5.74) is 4.87. The summed E-state index contributed by atoms with van der Waals surface area (Å²) in [6.07, 6.45) is 26.8. The molecule has 5 aliphatic heterocycles. The summed E-state index contributed by atoms with van der Waals surface area (Å²) in [5, 5.41) is 17.9. The van der Waals surface area contributed by atoms with Crippen LogP contribution in [0.25, 0.3) is 5.57 Å². The topological polar surface area (TPSA) is 350 Å².